The van der Waals surface area contributed by atoms with E-state index in [0.717, 1.165) is 4.88 Å². The summed E-state index contributed by atoms with van der Waals surface area (Å²) in [4.78, 5) is 0.731. The third-order valence-corrected chi connectivity index (χ3v) is 2.80. The van der Waals surface area contributed by atoms with Crippen molar-refractivity contribution in [3.05, 3.63) is 22.4 Å². The molecule has 0 radical (unpaired) electrons. The molecule has 0 aliphatic carbocycles. The summed E-state index contributed by atoms with van der Waals surface area (Å²) in [6.07, 6.45) is -0.778. The average molecular weight is 237 g/mol. The highest BCUT2D eigenvalue weighted by atomic mass is 32.1. The molecule has 0 saturated heterocycles. The minimum Gasteiger partial charge on any atom is -0.390 e. The van der Waals surface area contributed by atoms with Crippen LogP contribution in [0.25, 0.3) is 0 Å². The van der Waals surface area contributed by atoms with Gasteiger partial charge in [-0.15, -0.1) is 11.3 Å². The zero-order chi connectivity index (χ0) is 11.3. The molecule has 86 valence electrons. The van der Waals surface area contributed by atoms with Crippen molar-refractivity contribution in [2.45, 2.75) is 12.0 Å². The van der Waals surface area contributed by atoms with E-state index in [2.05, 4.69) is 5.32 Å². The number of aliphatic hydroxyl groups is 2. The fraction of sp³-hybridized carbons (Fsp3) is 0.556. The van der Waals surface area contributed by atoms with Crippen molar-refractivity contribution >= 4 is 11.3 Å². The minimum absolute atomic E-state index is 0.0517. The first-order chi connectivity index (χ1) is 7.05. The largest absolute Gasteiger partial charge is 0.390 e. The molecule has 3 N–H and O–H groups in total. The van der Waals surface area contributed by atoms with E-state index in [9.17, 15) is 13.9 Å². The molecule has 15 heavy (non-hydrogen) atoms. The van der Waals surface area contributed by atoms with E-state index in [4.69, 9.17) is 5.11 Å². The summed E-state index contributed by atoms with van der Waals surface area (Å²) in [5.41, 5.74) is 0. The van der Waals surface area contributed by atoms with Gasteiger partial charge in [0.05, 0.1) is 6.54 Å². The SMILES string of the molecule is OCC(F)(F)CNCC(O)c1cccs1. The monoisotopic (exact) mass is 237 g/mol. The molecule has 1 heterocycles. The third kappa shape index (κ3) is 4.21. The van der Waals surface area contributed by atoms with Gasteiger partial charge in [0.15, 0.2) is 0 Å². The highest BCUT2D eigenvalue weighted by molar-refractivity contribution is 7.10. The summed E-state index contributed by atoms with van der Waals surface area (Å²) in [6, 6.07) is 3.52. The Labute approximate surface area is 90.4 Å². The molecule has 1 unspecified atom stereocenters. The highest BCUT2D eigenvalue weighted by Gasteiger charge is 2.27. The Bertz CT molecular complexity index is 280. The Morgan fingerprint density at radius 3 is 2.80 bits per heavy atom. The topological polar surface area (TPSA) is 52.5 Å². The molecule has 0 fully saturated rings. The number of rotatable bonds is 6. The Kier molecular flexibility index (Phi) is 4.59. The second-order valence-corrected chi connectivity index (χ2v) is 4.16. The molecule has 0 aliphatic heterocycles. The molecule has 1 aromatic heterocycles. The lowest BCUT2D eigenvalue weighted by atomic mass is 10.3. The Balaban J connectivity index is 2.26. The first-order valence-corrected chi connectivity index (χ1v) is 5.34. The Hall–Kier alpha value is -0.560. The van der Waals surface area contributed by atoms with Crippen LogP contribution >= 0.6 is 11.3 Å². The molecule has 0 amide bonds. The van der Waals surface area contributed by atoms with Gasteiger partial charge < -0.3 is 15.5 Å². The van der Waals surface area contributed by atoms with Crippen LogP contribution in [0.2, 0.25) is 0 Å². The number of thiophene rings is 1. The first-order valence-electron chi connectivity index (χ1n) is 4.46. The molecular formula is C9H13F2NO2S. The van der Waals surface area contributed by atoms with Crippen LogP contribution < -0.4 is 5.32 Å². The molecule has 0 aromatic carbocycles. The van der Waals surface area contributed by atoms with Crippen molar-refractivity contribution in [3.8, 4) is 0 Å². The minimum atomic E-state index is -3.13. The molecule has 0 aliphatic rings. The van der Waals surface area contributed by atoms with E-state index in [1.165, 1.54) is 11.3 Å². The van der Waals surface area contributed by atoms with Crippen LogP contribution in [-0.2, 0) is 0 Å². The molecule has 1 aromatic rings. The standard InChI is InChI=1S/C9H13F2NO2S/c10-9(11,6-13)5-12-4-7(14)8-2-1-3-15-8/h1-3,7,12-14H,4-6H2. The summed E-state index contributed by atoms with van der Waals surface area (Å²) in [6.45, 7) is -1.77. The second-order valence-electron chi connectivity index (χ2n) is 3.18. The molecule has 0 saturated carbocycles. The van der Waals surface area contributed by atoms with Crippen LogP contribution in [0.1, 0.15) is 11.0 Å². The number of alkyl halides is 2. The maximum absolute atomic E-state index is 12.6. The zero-order valence-electron chi connectivity index (χ0n) is 7.99. The Morgan fingerprint density at radius 2 is 2.27 bits per heavy atom. The van der Waals surface area contributed by atoms with E-state index in [1.54, 1.807) is 17.5 Å². The van der Waals surface area contributed by atoms with Crippen LogP contribution in [0, 0.1) is 0 Å². The van der Waals surface area contributed by atoms with Gasteiger partial charge in [-0.25, -0.2) is 8.78 Å². The number of aliphatic hydroxyl groups excluding tert-OH is 2. The lowest BCUT2D eigenvalue weighted by Crippen LogP contribution is -2.37. The van der Waals surface area contributed by atoms with Crippen molar-refractivity contribution in [3.63, 3.8) is 0 Å². The quantitative estimate of drug-likeness (QED) is 0.692. The van der Waals surface area contributed by atoms with Crippen molar-refractivity contribution in [2.24, 2.45) is 0 Å². The number of nitrogens with one attached hydrogen (secondary N) is 1. The normalized spacial score (nSPS) is 14.1. The van der Waals surface area contributed by atoms with E-state index < -0.39 is 25.2 Å². The van der Waals surface area contributed by atoms with Crippen LogP contribution in [-0.4, -0.2) is 35.8 Å². The van der Waals surface area contributed by atoms with Gasteiger partial charge in [-0.2, -0.15) is 0 Å². The number of hydrogen-bond donors (Lipinski definition) is 3. The van der Waals surface area contributed by atoms with Gasteiger partial charge in [0.2, 0.25) is 0 Å². The summed E-state index contributed by atoms with van der Waals surface area (Å²) in [5, 5.41) is 22.0. The summed E-state index contributed by atoms with van der Waals surface area (Å²) in [7, 11) is 0. The lowest BCUT2D eigenvalue weighted by molar-refractivity contribution is -0.0488. The zero-order valence-corrected chi connectivity index (χ0v) is 8.81. The maximum atomic E-state index is 12.6. The van der Waals surface area contributed by atoms with Gasteiger partial charge in [0, 0.05) is 11.4 Å². The fourth-order valence-electron chi connectivity index (χ4n) is 1.03. The van der Waals surface area contributed by atoms with E-state index in [-0.39, 0.29) is 6.54 Å². The molecule has 6 heteroatoms. The smallest absolute Gasteiger partial charge is 0.282 e. The van der Waals surface area contributed by atoms with Gasteiger partial charge in [0.1, 0.15) is 12.7 Å². The number of halogens is 2. The molecular weight excluding hydrogens is 224 g/mol. The predicted octanol–water partition coefficient (Wildman–Crippen LogP) is 0.999. The van der Waals surface area contributed by atoms with E-state index >= 15 is 0 Å². The molecule has 1 rings (SSSR count). The van der Waals surface area contributed by atoms with Gasteiger partial charge in [-0.1, -0.05) is 6.07 Å². The van der Waals surface area contributed by atoms with Gasteiger partial charge in [0.25, 0.3) is 5.92 Å². The van der Waals surface area contributed by atoms with Crippen molar-refractivity contribution in [2.75, 3.05) is 19.7 Å². The van der Waals surface area contributed by atoms with Gasteiger partial charge in [-0.05, 0) is 11.4 Å². The fourth-order valence-corrected chi connectivity index (χ4v) is 1.74. The molecule has 1 atom stereocenters. The molecule has 0 spiro atoms. The van der Waals surface area contributed by atoms with Crippen molar-refractivity contribution in [1.29, 1.82) is 0 Å². The first kappa shape index (κ1) is 12.5. The number of hydrogen-bond acceptors (Lipinski definition) is 4. The summed E-state index contributed by atoms with van der Waals surface area (Å²) >= 11 is 1.37. The average Bonchev–Trinajstić information content (AvgIpc) is 2.70. The third-order valence-electron chi connectivity index (χ3n) is 1.82. The second kappa shape index (κ2) is 5.50. The van der Waals surface area contributed by atoms with Crippen molar-refractivity contribution < 1.29 is 19.0 Å². The van der Waals surface area contributed by atoms with Gasteiger partial charge >= 0.3 is 0 Å². The van der Waals surface area contributed by atoms with Crippen LogP contribution in [0.15, 0.2) is 17.5 Å². The Morgan fingerprint density at radius 1 is 1.53 bits per heavy atom. The van der Waals surface area contributed by atoms with Gasteiger partial charge in [-0.3, -0.25) is 0 Å². The van der Waals surface area contributed by atoms with Crippen molar-refractivity contribution in [1.82, 2.24) is 5.32 Å². The van der Waals surface area contributed by atoms with Crippen LogP contribution in [0.4, 0.5) is 8.78 Å². The summed E-state index contributed by atoms with van der Waals surface area (Å²) in [5.74, 6) is -3.13. The maximum Gasteiger partial charge on any atom is 0.282 e. The molecule has 0 bridgehead atoms. The van der Waals surface area contributed by atoms with Crippen LogP contribution in [0.3, 0.4) is 0 Å². The predicted molar refractivity (Wildman–Crippen MR) is 54.2 cm³/mol. The van der Waals surface area contributed by atoms with E-state index in [0.29, 0.717) is 0 Å². The molecule has 3 nitrogen and oxygen atoms in total. The summed E-state index contributed by atoms with van der Waals surface area (Å²) < 4.78 is 25.1. The van der Waals surface area contributed by atoms with E-state index in [1.807, 2.05) is 0 Å². The lowest BCUT2D eigenvalue weighted by Gasteiger charge is -2.15. The van der Waals surface area contributed by atoms with Crippen LogP contribution in [0.5, 0.6) is 0 Å². The highest BCUT2D eigenvalue weighted by Crippen LogP contribution is 2.18.